The summed E-state index contributed by atoms with van der Waals surface area (Å²) in [4.78, 5) is 21.9. The molecule has 3 rings (SSSR count). The Morgan fingerprint density at radius 2 is 2.17 bits per heavy atom. The van der Waals surface area contributed by atoms with Crippen LogP contribution < -0.4 is 10.6 Å². The lowest BCUT2D eigenvalue weighted by Crippen LogP contribution is -2.39. The van der Waals surface area contributed by atoms with E-state index in [1.54, 1.807) is 19.1 Å². The van der Waals surface area contributed by atoms with Gasteiger partial charge in [-0.15, -0.1) is 11.3 Å². The minimum atomic E-state index is -0.336. The number of benzene rings is 1. The van der Waals surface area contributed by atoms with E-state index in [0.29, 0.717) is 29.7 Å². The number of hydrogen-bond acceptors (Lipinski definition) is 5. The number of nitrogens with one attached hydrogen (secondary N) is 2. The fraction of sp³-hybridized carbons (Fsp3) is 0.500. The molecule has 0 amide bonds. The predicted octanol–water partition coefficient (Wildman–Crippen LogP) is 4.12. The number of carbonyl (C=O) groups is 1. The Hall–Kier alpha value is -2.48. The summed E-state index contributed by atoms with van der Waals surface area (Å²) in [6.07, 6.45) is 2.01. The van der Waals surface area contributed by atoms with Crippen LogP contribution in [0.5, 0.6) is 0 Å². The molecule has 30 heavy (non-hydrogen) atoms. The lowest BCUT2D eigenvalue weighted by atomic mass is 9.96. The van der Waals surface area contributed by atoms with Gasteiger partial charge in [0.1, 0.15) is 15.7 Å². The number of thiazole rings is 1. The van der Waals surface area contributed by atoms with E-state index in [1.807, 2.05) is 26.8 Å². The highest BCUT2D eigenvalue weighted by molar-refractivity contribution is 7.13. The van der Waals surface area contributed by atoms with Crippen molar-refractivity contribution in [3.8, 4) is 0 Å². The highest BCUT2D eigenvalue weighted by Gasteiger charge is 2.44. The first kappa shape index (κ1) is 22.2. The van der Waals surface area contributed by atoms with Gasteiger partial charge in [0.15, 0.2) is 5.96 Å². The number of carbonyl (C=O) groups excluding carboxylic acids is 1. The standard InChI is InChI=1S/C22H29FN4O2S/c1-5-24-21(25-13-22(10-11-22)16-8-7-9-17(23)12-16)27-15(4)19-26-14(3)18(30-19)20(28)29-6-2/h7-9,12,15H,5-6,10-11,13H2,1-4H3,(H2,24,25,27). The van der Waals surface area contributed by atoms with Gasteiger partial charge < -0.3 is 15.4 Å². The number of esters is 1. The van der Waals surface area contributed by atoms with E-state index in [1.165, 1.54) is 17.4 Å². The molecule has 2 N–H and O–H groups in total. The van der Waals surface area contributed by atoms with Crippen LogP contribution in [0.4, 0.5) is 4.39 Å². The second-order valence-corrected chi connectivity index (χ2v) is 8.57. The van der Waals surface area contributed by atoms with Gasteiger partial charge in [-0.1, -0.05) is 12.1 Å². The molecule has 2 aromatic rings. The minimum Gasteiger partial charge on any atom is -0.462 e. The number of rotatable bonds is 8. The fourth-order valence-electron chi connectivity index (χ4n) is 3.31. The Kier molecular flexibility index (Phi) is 7.07. The number of ether oxygens (including phenoxy) is 1. The Bertz CT molecular complexity index is 924. The monoisotopic (exact) mass is 432 g/mol. The molecule has 1 atom stereocenters. The van der Waals surface area contributed by atoms with Crippen LogP contribution in [0.2, 0.25) is 0 Å². The van der Waals surface area contributed by atoms with Crippen LogP contribution >= 0.6 is 11.3 Å². The van der Waals surface area contributed by atoms with Crippen LogP contribution in [0.25, 0.3) is 0 Å². The van der Waals surface area contributed by atoms with Crippen molar-refractivity contribution in [2.75, 3.05) is 19.7 Å². The van der Waals surface area contributed by atoms with E-state index in [-0.39, 0.29) is 23.2 Å². The molecule has 0 spiro atoms. The number of guanidine groups is 1. The second-order valence-electron chi connectivity index (χ2n) is 7.54. The molecule has 0 aliphatic heterocycles. The van der Waals surface area contributed by atoms with Gasteiger partial charge in [-0.05, 0) is 58.2 Å². The summed E-state index contributed by atoms with van der Waals surface area (Å²) < 4.78 is 18.7. The van der Waals surface area contributed by atoms with Crippen molar-refractivity contribution in [2.24, 2.45) is 4.99 Å². The molecule has 1 aromatic heterocycles. The topological polar surface area (TPSA) is 75.6 Å². The van der Waals surface area contributed by atoms with Gasteiger partial charge in [0, 0.05) is 12.0 Å². The smallest absolute Gasteiger partial charge is 0.350 e. The first-order valence-electron chi connectivity index (χ1n) is 10.3. The number of hydrogen-bond donors (Lipinski definition) is 2. The lowest BCUT2D eigenvalue weighted by Gasteiger charge is -2.18. The second kappa shape index (κ2) is 9.55. The Morgan fingerprint density at radius 1 is 1.40 bits per heavy atom. The van der Waals surface area contributed by atoms with Crippen molar-refractivity contribution in [2.45, 2.75) is 52.0 Å². The van der Waals surface area contributed by atoms with Gasteiger partial charge in [-0.3, -0.25) is 4.99 Å². The van der Waals surface area contributed by atoms with Crippen LogP contribution in [-0.4, -0.2) is 36.6 Å². The molecule has 1 aromatic carbocycles. The molecule has 0 saturated heterocycles. The summed E-state index contributed by atoms with van der Waals surface area (Å²) in [6, 6.07) is 6.69. The SMILES string of the molecule is CCNC(=NCC1(c2cccc(F)c2)CC1)NC(C)c1nc(C)c(C(=O)OCC)s1. The zero-order valence-corrected chi connectivity index (χ0v) is 18.7. The summed E-state index contributed by atoms with van der Waals surface area (Å²) >= 11 is 1.34. The number of halogens is 1. The van der Waals surface area contributed by atoms with E-state index >= 15 is 0 Å². The summed E-state index contributed by atoms with van der Waals surface area (Å²) in [5, 5.41) is 7.43. The Balaban J connectivity index is 1.71. The van der Waals surface area contributed by atoms with Crippen molar-refractivity contribution in [3.05, 3.63) is 51.2 Å². The van der Waals surface area contributed by atoms with E-state index in [4.69, 9.17) is 9.73 Å². The average Bonchev–Trinajstić information content (AvgIpc) is 3.41. The maximum absolute atomic E-state index is 13.6. The molecule has 1 heterocycles. The summed E-state index contributed by atoms with van der Waals surface area (Å²) in [7, 11) is 0. The number of aliphatic imine (C=N–C) groups is 1. The van der Waals surface area contributed by atoms with E-state index in [2.05, 4.69) is 15.6 Å². The van der Waals surface area contributed by atoms with Crippen molar-refractivity contribution >= 4 is 23.3 Å². The van der Waals surface area contributed by atoms with Gasteiger partial charge in [-0.2, -0.15) is 0 Å². The van der Waals surface area contributed by atoms with E-state index in [9.17, 15) is 9.18 Å². The van der Waals surface area contributed by atoms with E-state index in [0.717, 1.165) is 30.0 Å². The molecule has 0 bridgehead atoms. The van der Waals surface area contributed by atoms with Crippen molar-refractivity contribution < 1.29 is 13.9 Å². The van der Waals surface area contributed by atoms with Crippen molar-refractivity contribution in [1.29, 1.82) is 0 Å². The minimum absolute atomic E-state index is 0.0808. The van der Waals surface area contributed by atoms with Crippen LogP contribution in [0.15, 0.2) is 29.3 Å². The third kappa shape index (κ3) is 5.16. The highest BCUT2D eigenvalue weighted by Crippen LogP contribution is 2.48. The first-order chi connectivity index (χ1) is 14.4. The molecule has 0 radical (unpaired) electrons. The number of aryl methyl sites for hydroxylation is 1. The van der Waals surface area contributed by atoms with Crippen LogP contribution in [0.3, 0.4) is 0 Å². The van der Waals surface area contributed by atoms with Gasteiger partial charge in [-0.25, -0.2) is 14.2 Å². The third-order valence-electron chi connectivity index (χ3n) is 5.17. The molecule has 6 nitrogen and oxygen atoms in total. The largest absolute Gasteiger partial charge is 0.462 e. The van der Waals surface area contributed by atoms with Crippen LogP contribution in [-0.2, 0) is 10.2 Å². The predicted molar refractivity (Wildman–Crippen MR) is 118 cm³/mol. The molecule has 1 fully saturated rings. The third-order valence-corrected chi connectivity index (χ3v) is 6.49. The summed E-state index contributed by atoms with van der Waals surface area (Å²) in [5.41, 5.74) is 1.60. The zero-order chi connectivity index (χ0) is 21.7. The number of aromatic nitrogens is 1. The highest BCUT2D eigenvalue weighted by atomic mass is 32.1. The zero-order valence-electron chi connectivity index (χ0n) is 17.9. The molecular weight excluding hydrogens is 403 g/mol. The van der Waals surface area contributed by atoms with Crippen LogP contribution in [0, 0.1) is 12.7 Å². The normalized spacial score (nSPS) is 16.1. The molecule has 162 valence electrons. The number of nitrogens with zero attached hydrogens (tertiary/aromatic N) is 2. The van der Waals surface area contributed by atoms with Gasteiger partial charge >= 0.3 is 5.97 Å². The van der Waals surface area contributed by atoms with Crippen LogP contribution in [0.1, 0.15) is 65.6 Å². The summed E-state index contributed by atoms with van der Waals surface area (Å²) in [5.74, 6) is 0.133. The molecule has 1 unspecified atom stereocenters. The molecule has 1 aliphatic carbocycles. The van der Waals surface area contributed by atoms with Crippen molar-refractivity contribution in [3.63, 3.8) is 0 Å². The lowest BCUT2D eigenvalue weighted by molar-refractivity contribution is 0.0531. The van der Waals surface area contributed by atoms with Gasteiger partial charge in [0.05, 0.1) is 24.9 Å². The quantitative estimate of drug-likeness (QED) is 0.373. The van der Waals surface area contributed by atoms with Crippen molar-refractivity contribution in [1.82, 2.24) is 15.6 Å². The molecule has 1 saturated carbocycles. The fourth-order valence-corrected chi connectivity index (χ4v) is 4.28. The summed E-state index contributed by atoms with van der Waals surface area (Å²) in [6.45, 7) is 9.24. The Labute approximate surface area is 181 Å². The van der Waals surface area contributed by atoms with Gasteiger partial charge in [0.25, 0.3) is 0 Å². The molecular formula is C22H29FN4O2S. The maximum atomic E-state index is 13.6. The van der Waals surface area contributed by atoms with Gasteiger partial charge in [0.2, 0.25) is 0 Å². The molecule has 1 aliphatic rings. The average molecular weight is 433 g/mol. The first-order valence-corrected chi connectivity index (χ1v) is 11.2. The molecule has 8 heteroatoms. The Morgan fingerprint density at radius 3 is 2.80 bits per heavy atom. The van der Waals surface area contributed by atoms with E-state index < -0.39 is 0 Å². The maximum Gasteiger partial charge on any atom is 0.350 e.